The van der Waals surface area contributed by atoms with Crippen molar-refractivity contribution in [2.75, 3.05) is 13.2 Å². The molecular weight excluding hydrogens is 240 g/mol. The molecule has 0 radical (unpaired) electrons. The quantitative estimate of drug-likeness (QED) is 0.907. The highest BCUT2D eigenvalue weighted by atomic mass is 16.3. The lowest BCUT2D eigenvalue weighted by molar-refractivity contribution is 0.0574. The van der Waals surface area contributed by atoms with Crippen LogP contribution in [0.3, 0.4) is 0 Å². The second-order valence-corrected chi connectivity index (χ2v) is 5.30. The molecule has 1 saturated heterocycles. The molecule has 0 saturated carbocycles. The molecule has 0 unspecified atom stereocenters. The van der Waals surface area contributed by atoms with E-state index in [1.165, 1.54) is 0 Å². The third-order valence-electron chi connectivity index (χ3n) is 3.68. The highest BCUT2D eigenvalue weighted by Crippen LogP contribution is 2.22. The SMILES string of the molecule is Cc1cc(C(=O)N2CCCC[C@@H]2CCO)cc(C)n1. The van der Waals surface area contributed by atoms with Gasteiger partial charge in [0, 0.05) is 36.1 Å². The first kappa shape index (κ1) is 14.0. The summed E-state index contributed by atoms with van der Waals surface area (Å²) in [5, 5.41) is 9.13. The molecule has 1 N–H and O–H groups in total. The summed E-state index contributed by atoms with van der Waals surface area (Å²) in [6, 6.07) is 3.87. The molecule has 0 aromatic carbocycles. The van der Waals surface area contributed by atoms with E-state index in [0.29, 0.717) is 6.42 Å². The minimum Gasteiger partial charge on any atom is -0.396 e. The summed E-state index contributed by atoms with van der Waals surface area (Å²) in [5.74, 6) is 0.0757. The third kappa shape index (κ3) is 3.32. The zero-order valence-electron chi connectivity index (χ0n) is 11.7. The Morgan fingerprint density at radius 1 is 1.37 bits per heavy atom. The number of carbonyl (C=O) groups excluding carboxylic acids is 1. The van der Waals surface area contributed by atoms with Crippen molar-refractivity contribution in [1.29, 1.82) is 0 Å². The van der Waals surface area contributed by atoms with E-state index in [2.05, 4.69) is 4.98 Å². The summed E-state index contributed by atoms with van der Waals surface area (Å²) in [6.45, 7) is 4.75. The van der Waals surface area contributed by atoms with Gasteiger partial charge in [-0.15, -0.1) is 0 Å². The molecule has 4 heteroatoms. The summed E-state index contributed by atoms with van der Waals surface area (Å²) in [6.07, 6.45) is 3.86. The van der Waals surface area contributed by atoms with Gasteiger partial charge in [-0.25, -0.2) is 0 Å². The predicted molar refractivity (Wildman–Crippen MR) is 74.1 cm³/mol. The number of hydrogen-bond acceptors (Lipinski definition) is 3. The van der Waals surface area contributed by atoms with Crippen LogP contribution in [0.2, 0.25) is 0 Å². The number of aryl methyl sites for hydroxylation is 2. The normalized spacial score (nSPS) is 19.5. The van der Waals surface area contributed by atoms with Crippen LogP contribution < -0.4 is 0 Å². The molecule has 0 aliphatic carbocycles. The highest BCUT2D eigenvalue weighted by Gasteiger charge is 2.27. The molecule has 2 rings (SSSR count). The van der Waals surface area contributed by atoms with Crippen LogP contribution in [-0.4, -0.2) is 40.1 Å². The lowest BCUT2D eigenvalue weighted by atomic mass is 9.98. The van der Waals surface area contributed by atoms with E-state index < -0.39 is 0 Å². The lowest BCUT2D eigenvalue weighted by Gasteiger charge is -2.35. The van der Waals surface area contributed by atoms with E-state index >= 15 is 0 Å². The standard InChI is InChI=1S/C15H22N2O2/c1-11-9-13(10-12(2)16-11)15(19)17-7-4-3-5-14(17)6-8-18/h9-10,14,18H,3-8H2,1-2H3/t14-/m1/s1. The monoisotopic (exact) mass is 262 g/mol. The maximum absolute atomic E-state index is 12.6. The van der Waals surface area contributed by atoms with Crippen LogP contribution in [0, 0.1) is 13.8 Å². The highest BCUT2D eigenvalue weighted by molar-refractivity contribution is 5.94. The second-order valence-electron chi connectivity index (χ2n) is 5.30. The summed E-state index contributed by atoms with van der Waals surface area (Å²) in [5.41, 5.74) is 2.47. The first-order valence-corrected chi connectivity index (χ1v) is 6.99. The molecule has 1 atom stereocenters. The number of likely N-dealkylation sites (tertiary alicyclic amines) is 1. The molecular formula is C15H22N2O2. The van der Waals surface area contributed by atoms with E-state index in [9.17, 15) is 4.79 Å². The summed E-state index contributed by atoms with van der Waals surface area (Å²) in [4.78, 5) is 18.8. The molecule has 1 aromatic rings. The maximum atomic E-state index is 12.6. The number of amides is 1. The van der Waals surface area contributed by atoms with Gasteiger partial charge in [0.05, 0.1) is 0 Å². The zero-order valence-corrected chi connectivity index (χ0v) is 11.7. The van der Waals surface area contributed by atoms with Crippen LogP contribution in [0.15, 0.2) is 12.1 Å². The molecule has 19 heavy (non-hydrogen) atoms. The second kappa shape index (κ2) is 6.15. The molecule has 1 fully saturated rings. The van der Waals surface area contributed by atoms with Gasteiger partial charge in [-0.3, -0.25) is 9.78 Å². The Bertz CT molecular complexity index is 437. The topological polar surface area (TPSA) is 53.4 Å². The average molecular weight is 262 g/mol. The van der Waals surface area contributed by atoms with Gasteiger partial charge in [-0.05, 0) is 51.7 Å². The number of pyridine rings is 1. The van der Waals surface area contributed by atoms with Crippen molar-refractivity contribution in [3.8, 4) is 0 Å². The van der Waals surface area contributed by atoms with Crippen LogP contribution in [0.4, 0.5) is 0 Å². The number of hydrogen-bond donors (Lipinski definition) is 1. The molecule has 104 valence electrons. The van der Waals surface area contributed by atoms with Crippen molar-refractivity contribution in [2.45, 2.75) is 45.6 Å². The fraction of sp³-hybridized carbons (Fsp3) is 0.600. The van der Waals surface area contributed by atoms with Crippen molar-refractivity contribution in [2.24, 2.45) is 0 Å². The number of aliphatic hydroxyl groups is 1. The van der Waals surface area contributed by atoms with Crippen molar-refractivity contribution < 1.29 is 9.90 Å². The predicted octanol–water partition coefficient (Wildman–Crippen LogP) is 2.08. The Morgan fingerprint density at radius 2 is 2.05 bits per heavy atom. The lowest BCUT2D eigenvalue weighted by Crippen LogP contribution is -2.44. The Kier molecular flexibility index (Phi) is 4.53. The van der Waals surface area contributed by atoms with Crippen molar-refractivity contribution in [3.05, 3.63) is 29.1 Å². The Labute approximate surface area is 114 Å². The van der Waals surface area contributed by atoms with Gasteiger partial charge in [0.1, 0.15) is 0 Å². The molecule has 1 aromatic heterocycles. The molecule has 1 aliphatic heterocycles. The molecule has 1 amide bonds. The van der Waals surface area contributed by atoms with Gasteiger partial charge in [-0.1, -0.05) is 0 Å². The molecule has 2 heterocycles. The molecule has 4 nitrogen and oxygen atoms in total. The van der Waals surface area contributed by atoms with Crippen molar-refractivity contribution in [3.63, 3.8) is 0 Å². The fourth-order valence-electron chi connectivity index (χ4n) is 2.84. The minimum absolute atomic E-state index is 0.0757. The van der Waals surface area contributed by atoms with Gasteiger partial charge in [-0.2, -0.15) is 0 Å². The van der Waals surface area contributed by atoms with Crippen molar-refractivity contribution >= 4 is 5.91 Å². The number of aromatic nitrogens is 1. The average Bonchev–Trinajstić information content (AvgIpc) is 2.38. The first-order valence-electron chi connectivity index (χ1n) is 6.99. The van der Waals surface area contributed by atoms with Gasteiger partial charge in [0.15, 0.2) is 0 Å². The van der Waals surface area contributed by atoms with Crippen LogP contribution in [0.1, 0.15) is 47.4 Å². The van der Waals surface area contributed by atoms with E-state index in [-0.39, 0.29) is 18.6 Å². The van der Waals surface area contributed by atoms with Crippen LogP contribution in [0.25, 0.3) is 0 Å². The van der Waals surface area contributed by atoms with Gasteiger partial charge in [0.2, 0.25) is 0 Å². The summed E-state index contributed by atoms with van der Waals surface area (Å²) in [7, 11) is 0. The van der Waals surface area contributed by atoms with Gasteiger partial charge >= 0.3 is 0 Å². The largest absolute Gasteiger partial charge is 0.396 e. The molecule has 0 spiro atoms. The van der Waals surface area contributed by atoms with Crippen LogP contribution in [0.5, 0.6) is 0 Å². The van der Waals surface area contributed by atoms with E-state index in [1.807, 2.05) is 30.9 Å². The number of aliphatic hydroxyl groups excluding tert-OH is 1. The zero-order chi connectivity index (χ0) is 13.8. The van der Waals surface area contributed by atoms with Gasteiger partial charge < -0.3 is 10.0 Å². The smallest absolute Gasteiger partial charge is 0.254 e. The third-order valence-corrected chi connectivity index (χ3v) is 3.68. The van der Waals surface area contributed by atoms with E-state index in [4.69, 9.17) is 5.11 Å². The maximum Gasteiger partial charge on any atom is 0.254 e. The summed E-state index contributed by atoms with van der Waals surface area (Å²) >= 11 is 0. The van der Waals surface area contributed by atoms with Crippen molar-refractivity contribution in [1.82, 2.24) is 9.88 Å². The van der Waals surface area contributed by atoms with Crippen LogP contribution in [-0.2, 0) is 0 Å². The van der Waals surface area contributed by atoms with Crippen LogP contribution >= 0.6 is 0 Å². The Morgan fingerprint density at radius 3 is 2.68 bits per heavy atom. The first-order chi connectivity index (χ1) is 9.11. The number of carbonyl (C=O) groups is 1. The Balaban J connectivity index is 2.20. The van der Waals surface area contributed by atoms with E-state index in [1.54, 1.807) is 0 Å². The summed E-state index contributed by atoms with van der Waals surface area (Å²) < 4.78 is 0. The number of piperidine rings is 1. The molecule has 0 bridgehead atoms. The Hall–Kier alpha value is -1.42. The number of rotatable bonds is 3. The number of nitrogens with zero attached hydrogens (tertiary/aromatic N) is 2. The minimum atomic E-state index is 0.0757. The van der Waals surface area contributed by atoms with Gasteiger partial charge in [0.25, 0.3) is 5.91 Å². The fourth-order valence-corrected chi connectivity index (χ4v) is 2.84. The van der Waals surface area contributed by atoms with E-state index in [0.717, 1.165) is 42.8 Å². The molecule has 1 aliphatic rings.